The zero-order valence-corrected chi connectivity index (χ0v) is 12.3. The Balaban J connectivity index is 2.26. The van der Waals surface area contributed by atoms with Crippen molar-refractivity contribution in [2.24, 2.45) is 0 Å². The third-order valence-electron chi connectivity index (χ3n) is 3.39. The van der Waals surface area contributed by atoms with E-state index >= 15 is 0 Å². The minimum atomic E-state index is 0.142. The van der Waals surface area contributed by atoms with Crippen molar-refractivity contribution >= 4 is 22.6 Å². The lowest BCUT2D eigenvalue weighted by Crippen LogP contribution is -2.05. The minimum Gasteiger partial charge on any atom is -0.506 e. The van der Waals surface area contributed by atoms with Gasteiger partial charge in [-0.05, 0) is 48.7 Å². The third kappa shape index (κ3) is 2.38. The van der Waals surface area contributed by atoms with Gasteiger partial charge in [-0.25, -0.2) is 0 Å². The molecule has 0 atom stereocenters. The van der Waals surface area contributed by atoms with Crippen molar-refractivity contribution in [3.05, 3.63) is 59.1 Å². The van der Waals surface area contributed by atoms with Crippen LogP contribution >= 0.6 is 11.6 Å². The van der Waals surface area contributed by atoms with Crippen molar-refractivity contribution in [1.82, 2.24) is 15.0 Å². The lowest BCUT2D eigenvalue weighted by Gasteiger charge is -2.11. The number of phenolic OH excluding ortho intramolecular Hbond substituents is 1. The van der Waals surface area contributed by atoms with Crippen LogP contribution in [-0.2, 0) is 6.42 Å². The molecule has 1 heterocycles. The third-order valence-corrected chi connectivity index (χ3v) is 3.62. The van der Waals surface area contributed by atoms with Gasteiger partial charge in [0.1, 0.15) is 22.5 Å². The molecule has 106 valence electrons. The first-order valence-corrected chi connectivity index (χ1v) is 6.93. The van der Waals surface area contributed by atoms with Crippen molar-refractivity contribution < 1.29 is 5.11 Å². The van der Waals surface area contributed by atoms with Crippen LogP contribution in [0.25, 0.3) is 16.7 Å². The highest BCUT2D eigenvalue weighted by Crippen LogP contribution is 2.29. The number of nitrogens with zero attached hydrogens (tertiary/aromatic N) is 3. The number of hydrogen-bond donors (Lipinski definition) is 1. The highest BCUT2D eigenvalue weighted by molar-refractivity contribution is 6.31. The quantitative estimate of drug-likeness (QED) is 0.748. The van der Waals surface area contributed by atoms with E-state index < -0.39 is 0 Å². The second kappa shape index (κ2) is 5.22. The molecule has 0 bridgehead atoms. The lowest BCUT2D eigenvalue weighted by molar-refractivity contribution is 0.466. The topological polar surface area (TPSA) is 50.9 Å². The van der Waals surface area contributed by atoms with Crippen molar-refractivity contribution in [2.75, 3.05) is 0 Å². The number of aryl methyl sites for hydroxylation is 1. The first-order valence-electron chi connectivity index (χ1n) is 6.55. The smallest absolute Gasteiger partial charge is 0.143 e. The fourth-order valence-corrected chi connectivity index (χ4v) is 2.50. The molecule has 3 aromatic rings. The molecule has 0 aliphatic rings. The zero-order chi connectivity index (χ0) is 15.0. The number of halogens is 1. The van der Waals surface area contributed by atoms with Gasteiger partial charge in [0.25, 0.3) is 0 Å². The zero-order valence-electron chi connectivity index (χ0n) is 11.5. The molecular weight excluding hydrogens is 286 g/mol. The van der Waals surface area contributed by atoms with Gasteiger partial charge >= 0.3 is 0 Å². The lowest BCUT2D eigenvalue weighted by atomic mass is 10.0. The Kier molecular flexibility index (Phi) is 3.39. The summed E-state index contributed by atoms with van der Waals surface area (Å²) >= 11 is 5.97. The molecule has 1 N–H and O–H groups in total. The molecular formula is C16H14ClN3O. The highest BCUT2D eigenvalue weighted by Gasteiger charge is 2.15. The summed E-state index contributed by atoms with van der Waals surface area (Å²) in [6, 6.07) is 8.85. The standard InChI is InChI=1S/C16H14ClN3O/c1-3-4-12-10(2)5-8-15(21)16(12)20-18-13-7-6-11(17)9-14(13)19-20/h3,5-9,21H,1,4H2,2H3. The fourth-order valence-electron chi connectivity index (χ4n) is 2.34. The van der Waals surface area contributed by atoms with Crippen LogP contribution in [0.15, 0.2) is 43.0 Å². The molecule has 4 nitrogen and oxygen atoms in total. The molecule has 0 saturated heterocycles. The van der Waals surface area contributed by atoms with Crippen LogP contribution in [-0.4, -0.2) is 20.1 Å². The maximum Gasteiger partial charge on any atom is 0.143 e. The molecule has 1 aromatic heterocycles. The van der Waals surface area contributed by atoms with E-state index in [4.69, 9.17) is 11.6 Å². The molecule has 0 aliphatic carbocycles. The average molecular weight is 300 g/mol. The van der Waals surface area contributed by atoms with Crippen LogP contribution in [0.4, 0.5) is 0 Å². The second-order valence-corrected chi connectivity index (χ2v) is 5.28. The maximum atomic E-state index is 10.2. The van der Waals surface area contributed by atoms with Gasteiger partial charge in [0.2, 0.25) is 0 Å². The van der Waals surface area contributed by atoms with Gasteiger partial charge < -0.3 is 5.11 Å². The monoisotopic (exact) mass is 299 g/mol. The number of allylic oxidation sites excluding steroid dienone is 1. The van der Waals surface area contributed by atoms with E-state index in [1.807, 2.05) is 13.0 Å². The van der Waals surface area contributed by atoms with Gasteiger partial charge in [-0.3, -0.25) is 0 Å². The summed E-state index contributed by atoms with van der Waals surface area (Å²) < 4.78 is 0. The summed E-state index contributed by atoms with van der Waals surface area (Å²) in [6.07, 6.45) is 2.43. The number of benzene rings is 2. The van der Waals surface area contributed by atoms with E-state index in [-0.39, 0.29) is 5.75 Å². The van der Waals surface area contributed by atoms with Crippen molar-refractivity contribution in [3.63, 3.8) is 0 Å². The summed E-state index contributed by atoms with van der Waals surface area (Å²) in [5.74, 6) is 0.142. The predicted molar refractivity (Wildman–Crippen MR) is 84.2 cm³/mol. The Labute approximate surface area is 127 Å². The van der Waals surface area contributed by atoms with Gasteiger partial charge in [0.05, 0.1) is 0 Å². The molecule has 3 rings (SSSR count). The number of rotatable bonds is 3. The number of fused-ring (bicyclic) bond motifs is 1. The van der Waals surface area contributed by atoms with E-state index in [9.17, 15) is 5.11 Å². The minimum absolute atomic E-state index is 0.142. The normalized spacial score (nSPS) is 11.0. The maximum absolute atomic E-state index is 10.2. The molecule has 21 heavy (non-hydrogen) atoms. The van der Waals surface area contributed by atoms with Crippen molar-refractivity contribution in [2.45, 2.75) is 13.3 Å². The van der Waals surface area contributed by atoms with Crippen molar-refractivity contribution in [3.8, 4) is 11.4 Å². The van der Waals surface area contributed by atoms with E-state index in [1.54, 1.807) is 30.3 Å². The highest BCUT2D eigenvalue weighted by atomic mass is 35.5. The van der Waals surface area contributed by atoms with Crippen LogP contribution in [0.1, 0.15) is 11.1 Å². The van der Waals surface area contributed by atoms with E-state index in [1.165, 1.54) is 4.80 Å². The molecule has 0 aliphatic heterocycles. The number of hydrogen-bond acceptors (Lipinski definition) is 3. The van der Waals surface area contributed by atoms with E-state index in [0.29, 0.717) is 22.6 Å². The van der Waals surface area contributed by atoms with Crippen LogP contribution in [0.2, 0.25) is 5.02 Å². The fraction of sp³-hybridized carbons (Fsp3) is 0.125. The van der Waals surface area contributed by atoms with E-state index in [2.05, 4.69) is 16.8 Å². The van der Waals surface area contributed by atoms with Crippen LogP contribution in [0, 0.1) is 6.92 Å². The second-order valence-electron chi connectivity index (χ2n) is 4.84. The molecule has 0 fully saturated rings. The van der Waals surface area contributed by atoms with Gasteiger partial charge in [0.15, 0.2) is 0 Å². The SMILES string of the molecule is C=CCc1c(C)ccc(O)c1-n1nc2ccc(Cl)cc2n1. The van der Waals surface area contributed by atoms with Gasteiger partial charge in [-0.2, -0.15) is 0 Å². The van der Waals surface area contributed by atoms with Gasteiger partial charge in [0, 0.05) is 5.02 Å². The van der Waals surface area contributed by atoms with E-state index in [0.717, 1.165) is 16.6 Å². The summed E-state index contributed by atoms with van der Waals surface area (Å²) in [5, 5.41) is 19.7. The van der Waals surface area contributed by atoms with Crippen molar-refractivity contribution in [1.29, 1.82) is 0 Å². The average Bonchev–Trinajstić information content (AvgIpc) is 2.85. The molecule has 0 unspecified atom stereocenters. The summed E-state index contributed by atoms with van der Waals surface area (Å²) in [5.41, 5.74) is 4.01. The number of aromatic nitrogens is 3. The largest absolute Gasteiger partial charge is 0.506 e. The molecule has 5 heteroatoms. The van der Waals surface area contributed by atoms with Gasteiger partial charge in [-0.1, -0.05) is 23.7 Å². The molecule has 0 spiro atoms. The Morgan fingerprint density at radius 3 is 2.76 bits per heavy atom. The number of aromatic hydroxyl groups is 1. The Morgan fingerprint density at radius 2 is 2.00 bits per heavy atom. The van der Waals surface area contributed by atoms with Crippen LogP contribution in [0.3, 0.4) is 0 Å². The molecule has 0 saturated carbocycles. The molecule has 0 amide bonds. The number of phenols is 1. The van der Waals surface area contributed by atoms with Crippen LogP contribution in [0.5, 0.6) is 5.75 Å². The Bertz CT molecular complexity index is 839. The summed E-state index contributed by atoms with van der Waals surface area (Å²) in [4.78, 5) is 1.46. The first kappa shape index (κ1) is 13.6. The molecule has 2 aromatic carbocycles. The Hall–Kier alpha value is -2.33. The Morgan fingerprint density at radius 1 is 1.24 bits per heavy atom. The first-order chi connectivity index (χ1) is 10.1. The summed E-state index contributed by atoms with van der Waals surface area (Å²) in [7, 11) is 0. The van der Waals surface area contributed by atoms with Gasteiger partial charge in [-0.15, -0.1) is 21.6 Å². The predicted octanol–water partition coefficient (Wildman–Crippen LogP) is 3.82. The van der Waals surface area contributed by atoms with Crippen LogP contribution < -0.4 is 0 Å². The molecule has 0 radical (unpaired) electrons. The summed E-state index contributed by atoms with van der Waals surface area (Å²) in [6.45, 7) is 5.75.